The highest BCUT2D eigenvalue weighted by Gasteiger charge is 2.17. The summed E-state index contributed by atoms with van der Waals surface area (Å²) in [6.45, 7) is 6.12. The van der Waals surface area contributed by atoms with Gasteiger partial charge in [0.2, 0.25) is 0 Å². The number of nitrogens with zero attached hydrogens (tertiary/aromatic N) is 1. The van der Waals surface area contributed by atoms with Gasteiger partial charge >= 0.3 is 0 Å². The molecule has 0 atom stereocenters. The number of amides is 1. The third kappa shape index (κ3) is 4.13. The molecule has 1 N–H and O–H groups in total. The normalized spacial score (nSPS) is 10.4. The van der Waals surface area contributed by atoms with Crippen LogP contribution in [0.3, 0.4) is 0 Å². The molecule has 0 spiro atoms. The van der Waals surface area contributed by atoms with E-state index in [2.05, 4.69) is 22.6 Å². The Morgan fingerprint density at radius 3 is 2.78 bits per heavy atom. The number of carbonyl (C=O) groups is 1. The molecular formula is C13H18INO3. The number of ether oxygens (including phenoxy) is 1. The number of hydrogen-bond acceptors (Lipinski definition) is 3. The van der Waals surface area contributed by atoms with Crippen LogP contribution in [0, 0.1) is 3.57 Å². The summed E-state index contributed by atoms with van der Waals surface area (Å²) in [4.78, 5) is 13.9. The van der Waals surface area contributed by atoms with Crippen molar-refractivity contribution >= 4 is 28.5 Å². The first-order chi connectivity index (χ1) is 8.60. The number of halogens is 1. The van der Waals surface area contributed by atoms with Gasteiger partial charge in [-0.25, -0.2) is 0 Å². The average molecular weight is 363 g/mol. The fourth-order valence-corrected chi connectivity index (χ4v) is 2.06. The number of benzene rings is 1. The lowest BCUT2D eigenvalue weighted by Gasteiger charge is -2.21. The summed E-state index contributed by atoms with van der Waals surface area (Å²) >= 11 is 2.12. The number of phenolic OH excluding ortho intramolecular Hbond substituents is 1. The van der Waals surface area contributed by atoms with Crippen LogP contribution < -0.4 is 0 Å². The maximum atomic E-state index is 12.3. The third-order valence-electron chi connectivity index (χ3n) is 2.57. The molecule has 0 radical (unpaired) electrons. The molecule has 0 bridgehead atoms. The molecule has 0 saturated heterocycles. The molecule has 0 aromatic heterocycles. The van der Waals surface area contributed by atoms with Gasteiger partial charge in [0.1, 0.15) is 5.75 Å². The minimum atomic E-state index is -0.159. The van der Waals surface area contributed by atoms with Crippen molar-refractivity contribution in [1.82, 2.24) is 4.90 Å². The van der Waals surface area contributed by atoms with Crippen molar-refractivity contribution in [3.05, 3.63) is 27.3 Å². The summed E-state index contributed by atoms with van der Waals surface area (Å²) in [5.41, 5.74) is 0.347. The molecule has 0 aliphatic heterocycles. The largest absolute Gasteiger partial charge is 0.507 e. The second kappa shape index (κ2) is 7.58. The van der Waals surface area contributed by atoms with Crippen molar-refractivity contribution in [2.24, 2.45) is 0 Å². The van der Waals surface area contributed by atoms with Crippen LogP contribution in [0.2, 0.25) is 0 Å². The Hall–Kier alpha value is -0.820. The number of aromatic hydroxyl groups is 1. The third-order valence-corrected chi connectivity index (χ3v) is 3.24. The van der Waals surface area contributed by atoms with E-state index in [0.717, 1.165) is 3.57 Å². The van der Waals surface area contributed by atoms with E-state index >= 15 is 0 Å². The molecule has 0 unspecified atom stereocenters. The van der Waals surface area contributed by atoms with Crippen LogP contribution in [-0.2, 0) is 4.74 Å². The lowest BCUT2D eigenvalue weighted by Crippen LogP contribution is -2.34. The number of carbonyl (C=O) groups excluding carboxylic acids is 1. The SMILES string of the molecule is CCOCCN(CC)C(=O)c1cc(I)ccc1O. The van der Waals surface area contributed by atoms with E-state index in [9.17, 15) is 9.90 Å². The minimum Gasteiger partial charge on any atom is -0.507 e. The van der Waals surface area contributed by atoms with Crippen LogP contribution in [0.15, 0.2) is 18.2 Å². The van der Waals surface area contributed by atoms with Gasteiger partial charge in [0.05, 0.1) is 12.2 Å². The van der Waals surface area contributed by atoms with E-state index in [1.807, 2.05) is 13.8 Å². The van der Waals surface area contributed by atoms with Crippen molar-refractivity contribution < 1.29 is 14.6 Å². The molecule has 0 aliphatic carbocycles. The number of rotatable bonds is 6. The van der Waals surface area contributed by atoms with Crippen LogP contribution in [-0.4, -0.2) is 42.2 Å². The molecule has 1 aromatic rings. The highest BCUT2D eigenvalue weighted by molar-refractivity contribution is 14.1. The lowest BCUT2D eigenvalue weighted by molar-refractivity contribution is 0.0666. The maximum Gasteiger partial charge on any atom is 0.257 e. The molecule has 0 fully saturated rings. The van der Waals surface area contributed by atoms with Crippen LogP contribution in [0.5, 0.6) is 5.75 Å². The number of hydrogen-bond donors (Lipinski definition) is 1. The molecule has 0 aliphatic rings. The Kier molecular flexibility index (Phi) is 6.42. The Labute approximate surface area is 121 Å². The van der Waals surface area contributed by atoms with Gasteiger partial charge in [0, 0.05) is 23.3 Å². The Balaban J connectivity index is 2.79. The molecule has 5 heteroatoms. The highest BCUT2D eigenvalue weighted by Crippen LogP contribution is 2.21. The highest BCUT2D eigenvalue weighted by atomic mass is 127. The van der Waals surface area contributed by atoms with Crippen molar-refractivity contribution in [2.45, 2.75) is 13.8 Å². The zero-order valence-corrected chi connectivity index (χ0v) is 12.8. The second-order valence-corrected chi connectivity index (χ2v) is 4.99. The quantitative estimate of drug-likeness (QED) is 0.624. The monoisotopic (exact) mass is 363 g/mol. The van der Waals surface area contributed by atoms with Gasteiger partial charge < -0.3 is 14.7 Å². The van der Waals surface area contributed by atoms with E-state index in [4.69, 9.17) is 4.74 Å². The van der Waals surface area contributed by atoms with Crippen LogP contribution in [0.25, 0.3) is 0 Å². The summed E-state index contributed by atoms with van der Waals surface area (Å²) in [5, 5.41) is 9.74. The zero-order chi connectivity index (χ0) is 13.5. The maximum absolute atomic E-state index is 12.3. The predicted molar refractivity (Wildman–Crippen MR) is 78.9 cm³/mol. The summed E-state index contributed by atoms with van der Waals surface area (Å²) in [5.74, 6) is -0.136. The van der Waals surface area contributed by atoms with Crippen molar-refractivity contribution in [3.8, 4) is 5.75 Å². The Morgan fingerprint density at radius 2 is 2.17 bits per heavy atom. The fraction of sp³-hybridized carbons (Fsp3) is 0.462. The van der Waals surface area contributed by atoms with Crippen molar-refractivity contribution in [3.63, 3.8) is 0 Å². The average Bonchev–Trinajstić information content (AvgIpc) is 2.37. The Morgan fingerprint density at radius 1 is 1.44 bits per heavy atom. The predicted octanol–water partition coefficient (Wildman–Crippen LogP) is 2.50. The zero-order valence-electron chi connectivity index (χ0n) is 10.6. The first-order valence-corrected chi connectivity index (χ1v) is 7.03. The van der Waals surface area contributed by atoms with Gasteiger partial charge in [-0.3, -0.25) is 4.79 Å². The molecule has 1 amide bonds. The molecule has 0 saturated carbocycles. The first-order valence-electron chi connectivity index (χ1n) is 5.95. The second-order valence-electron chi connectivity index (χ2n) is 3.74. The number of likely N-dealkylation sites (N-methyl/N-ethyl adjacent to an activating group) is 1. The smallest absolute Gasteiger partial charge is 0.257 e. The van der Waals surface area contributed by atoms with Gasteiger partial charge in [-0.2, -0.15) is 0 Å². The van der Waals surface area contributed by atoms with E-state index in [-0.39, 0.29) is 11.7 Å². The van der Waals surface area contributed by atoms with Gasteiger partial charge in [-0.1, -0.05) is 0 Å². The van der Waals surface area contributed by atoms with Crippen LogP contribution in [0.4, 0.5) is 0 Å². The first kappa shape index (κ1) is 15.2. The van der Waals surface area contributed by atoms with E-state index in [1.54, 1.807) is 23.1 Å². The molecular weight excluding hydrogens is 345 g/mol. The van der Waals surface area contributed by atoms with Gasteiger partial charge in [0.15, 0.2) is 0 Å². The molecule has 18 heavy (non-hydrogen) atoms. The fourth-order valence-electron chi connectivity index (χ4n) is 1.57. The minimum absolute atomic E-state index is 0.0234. The lowest BCUT2D eigenvalue weighted by atomic mass is 10.1. The van der Waals surface area contributed by atoms with E-state index in [1.165, 1.54) is 0 Å². The summed E-state index contributed by atoms with van der Waals surface area (Å²) in [6.07, 6.45) is 0. The molecule has 1 rings (SSSR count). The van der Waals surface area contributed by atoms with Crippen molar-refractivity contribution in [2.75, 3.05) is 26.3 Å². The van der Waals surface area contributed by atoms with Gasteiger partial charge in [-0.15, -0.1) is 0 Å². The number of phenols is 1. The molecule has 100 valence electrons. The molecule has 1 aromatic carbocycles. The summed E-state index contributed by atoms with van der Waals surface area (Å²) in [7, 11) is 0. The molecule has 0 heterocycles. The Bertz CT molecular complexity index is 409. The van der Waals surface area contributed by atoms with E-state index in [0.29, 0.717) is 31.9 Å². The van der Waals surface area contributed by atoms with Crippen LogP contribution in [0.1, 0.15) is 24.2 Å². The van der Waals surface area contributed by atoms with Gasteiger partial charge in [0.25, 0.3) is 5.91 Å². The summed E-state index contributed by atoms with van der Waals surface area (Å²) < 4.78 is 6.17. The van der Waals surface area contributed by atoms with E-state index < -0.39 is 0 Å². The summed E-state index contributed by atoms with van der Waals surface area (Å²) in [6, 6.07) is 5.01. The van der Waals surface area contributed by atoms with Crippen LogP contribution >= 0.6 is 22.6 Å². The topological polar surface area (TPSA) is 49.8 Å². The molecule has 4 nitrogen and oxygen atoms in total. The van der Waals surface area contributed by atoms with Gasteiger partial charge in [-0.05, 0) is 54.6 Å². The van der Waals surface area contributed by atoms with Crippen molar-refractivity contribution in [1.29, 1.82) is 0 Å². The standard InChI is InChI=1S/C13H18INO3/c1-3-15(7-8-18-4-2)13(17)11-9-10(14)5-6-12(11)16/h5-6,9,16H,3-4,7-8H2,1-2H3.